The second-order valence-electron chi connectivity index (χ2n) is 5.68. The summed E-state index contributed by atoms with van der Waals surface area (Å²) in [5, 5.41) is 20.1. The summed E-state index contributed by atoms with van der Waals surface area (Å²) < 4.78 is 51.9. The Labute approximate surface area is 168 Å². The number of benzene rings is 2. The van der Waals surface area contributed by atoms with Crippen LogP contribution in [0.1, 0.15) is 21.5 Å². The number of halogens is 4. The molecule has 0 aliphatic heterocycles. The average Bonchev–Trinajstić information content (AvgIpc) is 2.68. The monoisotopic (exact) mass is 430 g/mol. The maximum absolute atomic E-state index is 13.4. The van der Waals surface area contributed by atoms with Crippen molar-refractivity contribution in [2.24, 2.45) is 0 Å². The lowest BCUT2D eigenvalue weighted by Crippen LogP contribution is -2.32. The second-order valence-corrected chi connectivity index (χ2v) is 5.68. The van der Waals surface area contributed by atoms with E-state index < -0.39 is 35.4 Å². The van der Waals surface area contributed by atoms with Gasteiger partial charge in [0.2, 0.25) is 0 Å². The summed E-state index contributed by atoms with van der Waals surface area (Å²) in [6.07, 6.45) is -4.41. The van der Waals surface area contributed by atoms with Gasteiger partial charge in [0.1, 0.15) is 5.82 Å². The van der Waals surface area contributed by atoms with E-state index >= 15 is 0 Å². The van der Waals surface area contributed by atoms with Gasteiger partial charge < -0.3 is 20.8 Å². The molecule has 1 amide bonds. The molecule has 7 nitrogen and oxygen atoms in total. The van der Waals surface area contributed by atoms with Crippen LogP contribution in [0.4, 0.5) is 17.6 Å². The number of carboxylic acids is 2. The van der Waals surface area contributed by atoms with Gasteiger partial charge in [-0.05, 0) is 23.8 Å². The number of alkyl halides is 3. The van der Waals surface area contributed by atoms with Gasteiger partial charge in [0.15, 0.2) is 0 Å². The van der Waals surface area contributed by atoms with Gasteiger partial charge in [-0.3, -0.25) is 4.79 Å². The van der Waals surface area contributed by atoms with Crippen molar-refractivity contribution in [3.05, 3.63) is 71.0 Å². The fourth-order valence-electron chi connectivity index (χ4n) is 2.18. The van der Waals surface area contributed by atoms with Crippen LogP contribution in [0.15, 0.2) is 48.5 Å². The van der Waals surface area contributed by atoms with Crippen molar-refractivity contribution in [2.45, 2.75) is 12.7 Å². The molecule has 0 spiro atoms. The Hall–Kier alpha value is -3.47. The molecule has 0 aromatic heterocycles. The summed E-state index contributed by atoms with van der Waals surface area (Å²) >= 11 is 0. The zero-order chi connectivity index (χ0) is 22.7. The molecule has 0 atom stereocenters. The number of aliphatic carboxylic acids is 2. The van der Waals surface area contributed by atoms with Crippen LogP contribution in [0.5, 0.6) is 0 Å². The normalized spacial score (nSPS) is 10.5. The van der Waals surface area contributed by atoms with Crippen molar-refractivity contribution in [3.8, 4) is 0 Å². The molecule has 0 aliphatic carbocycles. The smallest absolute Gasteiger partial charge is 0.416 e. The highest BCUT2D eigenvalue weighted by atomic mass is 19.4. The zero-order valence-corrected chi connectivity index (χ0v) is 15.4. The quantitative estimate of drug-likeness (QED) is 0.318. The molecule has 0 radical (unpaired) electrons. The SMILES string of the molecule is O=C(NCCNCc1ccccc1C(F)(F)F)c1ccccc1F.O=C(O)C(=O)O. The van der Waals surface area contributed by atoms with Crippen LogP contribution in [0.25, 0.3) is 0 Å². The van der Waals surface area contributed by atoms with E-state index in [-0.39, 0.29) is 30.8 Å². The van der Waals surface area contributed by atoms with E-state index in [4.69, 9.17) is 19.8 Å². The zero-order valence-electron chi connectivity index (χ0n) is 15.4. The molecule has 2 aromatic carbocycles. The summed E-state index contributed by atoms with van der Waals surface area (Å²) in [4.78, 5) is 30.0. The van der Waals surface area contributed by atoms with Gasteiger partial charge in [0.25, 0.3) is 5.91 Å². The lowest BCUT2D eigenvalue weighted by Gasteiger charge is -2.13. The molecular formula is C19H18F4N2O5. The second kappa shape index (κ2) is 11.5. The fourth-order valence-corrected chi connectivity index (χ4v) is 2.18. The van der Waals surface area contributed by atoms with E-state index in [1.165, 1.54) is 36.4 Å². The highest BCUT2D eigenvalue weighted by Crippen LogP contribution is 2.31. The average molecular weight is 430 g/mol. The van der Waals surface area contributed by atoms with E-state index in [1.54, 1.807) is 6.07 Å². The van der Waals surface area contributed by atoms with Crippen LogP contribution in [0, 0.1) is 5.82 Å². The van der Waals surface area contributed by atoms with Gasteiger partial charge in [-0.25, -0.2) is 14.0 Å². The number of hydrogen-bond donors (Lipinski definition) is 4. The van der Waals surface area contributed by atoms with Gasteiger partial charge in [-0.15, -0.1) is 0 Å². The summed E-state index contributed by atoms with van der Waals surface area (Å²) in [5.41, 5.74) is -0.627. The van der Waals surface area contributed by atoms with Crippen LogP contribution >= 0.6 is 0 Å². The molecule has 0 saturated carbocycles. The molecule has 0 fully saturated rings. The fraction of sp³-hybridized carbons (Fsp3) is 0.211. The molecule has 11 heteroatoms. The third kappa shape index (κ3) is 8.27. The van der Waals surface area contributed by atoms with Crippen molar-refractivity contribution in [2.75, 3.05) is 13.1 Å². The van der Waals surface area contributed by atoms with E-state index in [2.05, 4.69) is 10.6 Å². The number of rotatable bonds is 6. The number of carbonyl (C=O) groups is 3. The lowest BCUT2D eigenvalue weighted by atomic mass is 10.1. The number of nitrogens with one attached hydrogen (secondary N) is 2. The number of amides is 1. The molecule has 0 unspecified atom stereocenters. The Balaban J connectivity index is 0.000000656. The summed E-state index contributed by atoms with van der Waals surface area (Å²) in [6, 6.07) is 10.9. The predicted molar refractivity (Wildman–Crippen MR) is 97.2 cm³/mol. The molecule has 0 saturated heterocycles. The van der Waals surface area contributed by atoms with E-state index in [1.807, 2.05) is 0 Å². The third-order valence-electron chi connectivity index (χ3n) is 3.53. The molecule has 162 valence electrons. The van der Waals surface area contributed by atoms with Crippen molar-refractivity contribution in [1.82, 2.24) is 10.6 Å². The van der Waals surface area contributed by atoms with Gasteiger partial charge >= 0.3 is 18.1 Å². The van der Waals surface area contributed by atoms with E-state index in [0.717, 1.165) is 6.07 Å². The maximum Gasteiger partial charge on any atom is 0.416 e. The van der Waals surface area contributed by atoms with Crippen LogP contribution in [-0.4, -0.2) is 41.1 Å². The summed E-state index contributed by atoms with van der Waals surface area (Å²) in [6.45, 7) is 0.443. The Bertz CT molecular complexity index is 875. The first-order chi connectivity index (χ1) is 14.0. The number of carbonyl (C=O) groups excluding carboxylic acids is 1. The van der Waals surface area contributed by atoms with Crippen LogP contribution in [-0.2, 0) is 22.3 Å². The van der Waals surface area contributed by atoms with Crippen LogP contribution in [0.2, 0.25) is 0 Å². The molecule has 2 rings (SSSR count). The first-order valence-corrected chi connectivity index (χ1v) is 8.38. The predicted octanol–water partition coefficient (Wildman–Crippen LogP) is 2.52. The minimum absolute atomic E-state index is 0.0191. The van der Waals surface area contributed by atoms with E-state index in [0.29, 0.717) is 0 Å². The lowest BCUT2D eigenvalue weighted by molar-refractivity contribution is -0.159. The maximum atomic E-state index is 13.4. The molecule has 30 heavy (non-hydrogen) atoms. The molecule has 0 aliphatic rings. The minimum atomic E-state index is -4.41. The summed E-state index contributed by atoms with van der Waals surface area (Å²) in [7, 11) is 0. The van der Waals surface area contributed by atoms with Gasteiger partial charge in [-0.2, -0.15) is 13.2 Å². The van der Waals surface area contributed by atoms with Crippen molar-refractivity contribution in [1.29, 1.82) is 0 Å². The van der Waals surface area contributed by atoms with Gasteiger partial charge in [-0.1, -0.05) is 30.3 Å². The van der Waals surface area contributed by atoms with Crippen molar-refractivity contribution < 1.29 is 42.2 Å². The number of carboxylic acid groups (broad SMARTS) is 2. The standard InChI is InChI=1S/C17H16F4N2O.C2H2O4/c18-15-8-4-2-6-13(15)16(24)23-10-9-22-11-12-5-1-3-7-14(12)17(19,20)21;3-1(4)2(5)6/h1-8,22H,9-11H2,(H,23,24);(H,3,4)(H,5,6). The molecule has 4 N–H and O–H groups in total. The summed E-state index contributed by atoms with van der Waals surface area (Å²) in [5.74, 6) is -4.84. The molecular weight excluding hydrogens is 412 g/mol. The first kappa shape index (κ1) is 24.6. The van der Waals surface area contributed by atoms with Crippen LogP contribution < -0.4 is 10.6 Å². The van der Waals surface area contributed by atoms with Crippen LogP contribution in [0.3, 0.4) is 0 Å². The highest BCUT2D eigenvalue weighted by Gasteiger charge is 2.32. The number of hydrogen-bond acceptors (Lipinski definition) is 4. The van der Waals surface area contributed by atoms with Crippen molar-refractivity contribution >= 4 is 17.8 Å². The highest BCUT2D eigenvalue weighted by molar-refractivity contribution is 6.27. The first-order valence-electron chi connectivity index (χ1n) is 8.38. The van der Waals surface area contributed by atoms with Gasteiger partial charge in [0.05, 0.1) is 11.1 Å². The topological polar surface area (TPSA) is 116 Å². The Morgan fingerprint density at radius 3 is 2.00 bits per heavy atom. The van der Waals surface area contributed by atoms with Crippen molar-refractivity contribution in [3.63, 3.8) is 0 Å². The molecule has 0 heterocycles. The Kier molecular flexibility index (Phi) is 9.43. The molecule has 0 bridgehead atoms. The van der Waals surface area contributed by atoms with E-state index in [9.17, 15) is 22.4 Å². The largest absolute Gasteiger partial charge is 0.473 e. The minimum Gasteiger partial charge on any atom is -0.473 e. The Morgan fingerprint density at radius 1 is 0.867 bits per heavy atom. The van der Waals surface area contributed by atoms with Gasteiger partial charge in [0, 0.05) is 19.6 Å². The molecule has 2 aromatic rings. The Morgan fingerprint density at radius 2 is 1.43 bits per heavy atom. The third-order valence-corrected chi connectivity index (χ3v) is 3.53.